The Labute approximate surface area is 132 Å². The van der Waals surface area contributed by atoms with Crippen LogP contribution in [0.25, 0.3) is 16.9 Å². The minimum absolute atomic E-state index is 0.291. The van der Waals surface area contributed by atoms with Gasteiger partial charge in [-0.25, -0.2) is 9.97 Å². The van der Waals surface area contributed by atoms with E-state index in [1.54, 1.807) is 13.3 Å². The second-order valence-electron chi connectivity index (χ2n) is 4.62. The van der Waals surface area contributed by atoms with Crippen LogP contribution >= 0.6 is 23.2 Å². The van der Waals surface area contributed by atoms with Crippen molar-refractivity contribution in [2.45, 2.75) is 12.8 Å². The maximum Gasteiger partial charge on any atom is 0.164 e. The van der Waals surface area contributed by atoms with Crippen molar-refractivity contribution in [3.63, 3.8) is 0 Å². The zero-order valence-corrected chi connectivity index (χ0v) is 13.1. The second-order valence-corrected chi connectivity index (χ2v) is 5.29. The molecule has 0 radical (unpaired) electrons. The van der Waals surface area contributed by atoms with Crippen molar-refractivity contribution in [3.05, 3.63) is 46.9 Å². The number of nitrogens with zero attached hydrogens (tertiary/aromatic N) is 3. The molecule has 0 unspecified atom stereocenters. The lowest BCUT2D eigenvalue weighted by atomic mass is 10.2. The molecule has 0 aliphatic rings. The van der Waals surface area contributed by atoms with Gasteiger partial charge < -0.3 is 4.74 Å². The van der Waals surface area contributed by atoms with Gasteiger partial charge in [0.2, 0.25) is 0 Å². The molecule has 0 atom stereocenters. The van der Waals surface area contributed by atoms with Crippen LogP contribution in [0.15, 0.2) is 30.5 Å². The average molecular weight is 322 g/mol. The first-order chi connectivity index (χ1) is 10.2. The lowest BCUT2D eigenvalue weighted by molar-refractivity contribution is 0.415. The fraction of sp³-hybridized carbons (Fsp3) is 0.200. The van der Waals surface area contributed by atoms with Crippen LogP contribution in [0, 0.1) is 6.92 Å². The van der Waals surface area contributed by atoms with E-state index in [1.807, 2.05) is 35.8 Å². The maximum atomic E-state index is 6.21. The molecule has 0 aliphatic heterocycles. The van der Waals surface area contributed by atoms with Crippen LogP contribution in [0.1, 0.15) is 11.4 Å². The number of methoxy groups -OCH3 is 1. The molecule has 3 rings (SSSR count). The van der Waals surface area contributed by atoms with Gasteiger partial charge in [0.15, 0.2) is 5.65 Å². The van der Waals surface area contributed by atoms with Crippen molar-refractivity contribution in [2.24, 2.45) is 0 Å². The van der Waals surface area contributed by atoms with Gasteiger partial charge in [-0.15, -0.1) is 11.6 Å². The Morgan fingerprint density at radius 2 is 2.10 bits per heavy atom. The lowest BCUT2D eigenvalue weighted by Gasteiger charge is -2.09. The van der Waals surface area contributed by atoms with Crippen LogP contribution in [0.3, 0.4) is 0 Å². The van der Waals surface area contributed by atoms with Gasteiger partial charge in [-0.3, -0.25) is 4.57 Å². The third kappa shape index (κ3) is 2.34. The Hall–Kier alpha value is -1.78. The summed E-state index contributed by atoms with van der Waals surface area (Å²) < 4.78 is 7.10. The fourth-order valence-corrected chi connectivity index (χ4v) is 2.73. The van der Waals surface area contributed by atoms with Gasteiger partial charge >= 0.3 is 0 Å². The zero-order chi connectivity index (χ0) is 15.0. The smallest absolute Gasteiger partial charge is 0.164 e. The summed E-state index contributed by atoms with van der Waals surface area (Å²) >= 11 is 12.2. The summed E-state index contributed by atoms with van der Waals surface area (Å²) in [6.07, 6.45) is 1.76. The molecule has 6 heteroatoms. The summed E-state index contributed by atoms with van der Waals surface area (Å²) in [5, 5.41) is 0.532. The van der Waals surface area contributed by atoms with Gasteiger partial charge in [0, 0.05) is 6.20 Å². The van der Waals surface area contributed by atoms with Crippen LogP contribution in [0.2, 0.25) is 5.02 Å². The molecular formula is C15H13Cl2N3O. The minimum Gasteiger partial charge on any atom is -0.495 e. The van der Waals surface area contributed by atoms with Gasteiger partial charge in [0.25, 0.3) is 0 Å². The molecule has 1 aromatic carbocycles. The number of rotatable bonds is 3. The van der Waals surface area contributed by atoms with E-state index in [-0.39, 0.29) is 0 Å². The van der Waals surface area contributed by atoms with Crippen LogP contribution in [-0.2, 0) is 5.88 Å². The van der Waals surface area contributed by atoms with Crippen molar-refractivity contribution < 1.29 is 4.74 Å². The molecule has 4 nitrogen and oxygen atoms in total. The first-order valence-electron chi connectivity index (χ1n) is 6.38. The summed E-state index contributed by atoms with van der Waals surface area (Å²) in [5.74, 6) is 1.65. The first-order valence-corrected chi connectivity index (χ1v) is 7.29. The van der Waals surface area contributed by atoms with E-state index in [2.05, 4.69) is 9.97 Å². The number of imidazole rings is 1. The van der Waals surface area contributed by atoms with Crippen molar-refractivity contribution >= 4 is 34.4 Å². The highest BCUT2D eigenvalue weighted by Crippen LogP contribution is 2.29. The number of pyridine rings is 1. The Balaban J connectivity index is 2.28. The first kappa shape index (κ1) is 14.2. The summed E-state index contributed by atoms with van der Waals surface area (Å²) in [4.78, 5) is 9.00. The van der Waals surface area contributed by atoms with E-state index in [4.69, 9.17) is 27.9 Å². The molecule has 0 aliphatic carbocycles. The SMILES string of the molecule is COc1ccc(-n2c(CCl)nc3c(C)ccnc32)cc1Cl. The standard InChI is InChI=1S/C15H13Cl2N3O/c1-9-5-6-18-15-14(9)19-13(8-16)20(15)10-3-4-12(21-2)11(17)7-10/h3-7H,8H2,1-2H3. The predicted octanol–water partition coefficient (Wildman–Crippen LogP) is 4.13. The van der Waals surface area contributed by atoms with Crippen molar-refractivity contribution in [3.8, 4) is 11.4 Å². The molecule has 0 fully saturated rings. The van der Waals surface area contributed by atoms with Gasteiger partial charge in [0.05, 0.1) is 23.7 Å². The van der Waals surface area contributed by atoms with E-state index < -0.39 is 0 Å². The number of fused-ring (bicyclic) bond motifs is 1. The van der Waals surface area contributed by atoms with E-state index in [0.717, 1.165) is 28.2 Å². The minimum atomic E-state index is 0.291. The molecule has 0 saturated carbocycles. The van der Waals surface area contributed by atoms with Crippen LogP contribution < -0.4 is 4.74 Å². The lowest BCUT2D eigenvalue weighted by Crippen LogP contribution is -2.00. The molecule has 108 valence electrons. The number of halogens is 2. The van der Waals surface area contributed by atoms with Crippen LogP contribution in [0.4, 0.5) is 0 Å². The van der Waals surface area contributed by atoms with Gasteiger partial charge in [-0.2, -0.15) is 0 Å². The molecular weight excluding hydrogens is 309 g/mol. The highest BCUT2D eigenvalue weighted by Gasteiger charge is 2.15. The van der Waals surface area contributed by atoms with E-state index in [9.17, 15) is 0 Å². The number of aryl methyl sites for hydroxylation is 1. The van der Waals surface area contributed by atoms with E-state index in [0.29, 0.717) is 16.7 Å². The van der Waals surface area contributed by atoms with Crippen molar-refractivity contribution in [2.75, 3.05) is 7.11 Å². The number of benzene rings is 1. The summed E-state index contributed by atoms with van der Waals surface area (Å²) in [6.45, 7) is 2.00. The van der Waals surface area contributed by atoms with Crippen molar-refractivity contribution in [1.82, 2.24) is 14.5 Å². The predicted molar refractivity (Wildman–Crippen MR) is 84.7 cm³/mol. The van der Waals surface area contributed by atoms with Crippen LogP contribution in [0.5, 0.6) is 5.75 Å². The Morgan fingerprint density at radius 1 is 1.29 bits per heavy atom. The van der Waals surface area contributed by atoms with Gasteiger partial charge in [-0.1, -0.05) is 11.6 Å². The third-order valence-electron chi connectivity index (χ3n) is 3.33. The summed E-state index contributed by atoms with van der Waals surface area (Å²) in [6, 6.07) is 7.48. The number of ether oxygens (including phenoxy) is 1. The molecule has 2 aromatic heterocycles. The molecule has 3 aromatic rings. The maximum absolute atomic E-state index is 6.21. The van der Waals surface area contributed by atoms with E-state index >= 15 is 0 Å². The molecule has 0 spiro atoms. The number of hydrogen-bond donors (Lipinski definition) is 0. The highest BCUT2D eigenvalue weighted by molar-refractivity contribution is 6.32. The number of alkyl halides is 1. The second kappa shape index (κ2) is 5.54. The topological polar surface area (TPSA) is 39.9 Å². The van der Waals surface area contributed by atoms with Gasteiger partial charge in [-0.05, 0) is 36.8 Å². The Bertz CT molecular complexity index is 814. The Morgan fingerprint density at radius 3 is 2.76 bits per heavy atom. The summed E-state index contributed by atoms with van der Waals surface area (Å²) in [7, 11) is 1.59. The van der Waals surface area contributed by atoms with Gasteiger partial charge in [0.1, 0.15) is 17.1 Å². The van der Waals surface area contributed by atoms with Crippen LogP contribution in [-0.4, -0.2) is 21.6 Å². The third-order valence-corrected chi connectivity index (χ3v) is 3.86. The van der Waals surface area contributed by atoms with Crippen molar-refractivity contribution in [1.29, 1.82) is 0 Å². The monoisotopic (exact) mass is 321 g/mol. The zero-order valence-electron chi connectivity index (χ0n) is 11.6. The molecule has 0 saturated heterocycles. The fourth-order valence-electron chi connectivity index (χ4n) is 2.29. The summed E-state index contributed by atoms with van der Waals surface area (Å²) in [5.41, 5.74) is 3.54. The van der Waals surface area contributed by atoms with E-state index in [1.165, 1.54) is 0 Å². The number of aromatic nitrogens is 3. The molecule has 2 heterocycles. The molecule has 0 amide bonds. The number of hydrogen-bond acceptors (Lipinski definition) is 3. The Kier molecular flexibility index (Phi) is 3.74. The molecule has 0 N–H and O–H groups in total. The molecule has 0 bridgehead atoms. The largest absolute Gasteiger partial charge is 0.495 e. The highest BCUT2D eigenvalue weighted by atomic mass is 35.5. The molecule has 21 heavy (non-hydrogen) atoms. The normalized spacial score (nSPS) is 11.0. The average Bonchev–Trinajstić information content (AvgIpc) is 2.87. The quantitative estimate of drug-likeness (QED) is 0.681.